The van der Waals surface area contributed by atoms with Gasteiger partial charge in [-0.2, -0.15) is 0 Å². The van der Waals surface area contributed by atoms with E-state index in [4.69, 9.17) is 5.73 Å². The second-order valence-electron chi connectivity index (χ2n) is 4.28. The molecule has 0 spiro atoms. The van der Waals surface area contributed by atoms with E-state index < -0.39 is 0 Å². The molecule has 2 rings (SSSR count). The number of nitrogen functional groups attached to an aromatic ring is 1. The Kier molecular flexibility index (Phi) is 3.24. The normalized spacial score (nSPS) is 15.3. The molecule has 1 aliphatic rings. The topological polar surface area (TPSA) is 83.8 Å². The Balaban J connectivity index is 2.11. The second-order valence-corrected chi connectivity index (χ2v) is 4.28. The minimum absolute atomic E-state index is 0.0954. The molecule has 0 bridgehead atoms. The molecule has 0 atom stereocenters. The molecule has 0 unspecified atom stereocenters. The van der Waals surface area contributed by atoms with Crippen LogP contribution in [0.15, 0.2) is 4.79 Å². The molecule has 16 heavy (non-hydrogen) atoms. The van der Waals surface area contributed by atoms with E-state index in [1.54, 1.807) is 0 Å². The van der Waals surface area contributed by atoms with Crippen LogP contribution in [-0.4, -0.2) is 16.0 Å². The maximum absolute atomic E-state index is 11.7. The predicted molar refractivity (Wildman–Crippen MR) is 63.1 cm³/mol. The Bertz CT molecular complexity index is 422. The fraction of sp³-hybridized carbons (Fsp3) is 0.636. The van der Waals surface area contributed by atoms with E-state index in [-0.39, 0.29) is 5.56 Å². The van der Waals surface area contributed by atoms with Gasteiger partial charge in [0.15, 0.2) is 0 Å². The van der Waals surface area contributed by atoms with E-state index in [2.05, 4.69) is 15.3 Å². The summed E-state index contributed by atoms with van der Waals surface area (Å²) in [4.78, 5) is 18.7. The molecule has 5 heteroatoms. The summed E-state index contributed by atoms with van der Waals surface area (Å²) in [7, 11) is 0. The first-order chi connectivity index (χ1) is 7.70. The largest absolute Gasteiger partial charge is 0.383 e. The van der Waals surface area contributed by atoms with Gasteiger partial charge in [0.2, 0.25) is 0 Å². The molecule has 0 amide bonds. The van der Waals surface area contributed by atoms with E-state index in [1.807, 2.05) is 6.92 Å². The quantitative estimate of drug-likeness (QED) is 0.679. The number of nitrogens with one attached hydrogen (secondary N) is 2. The zero-order valence-electron chi connectivity index (χ0n) is 9.55. The van der Waals surface area contributed by atoms with Crippen molar-refractivity contribution in [1.29, 1.82) is 0 Å². The molecule has 1 aliphatic carbocycles. The van der Waals surface area contributed by atoms with Crippen LogP contribution in [-0.2, 0) is 13.0 Å². The summed E-state index contributed by atoms with van der Waals surface area (Å²) in [6.45, 7) is 2.61. The van der Waals surface area contributed by atoms with Crippen molar-refractivity contribution in [3.63, 3.8) is 0 Å². The van der Waals surface area contributed by atoms with Gasteiger partial charge in [0.05, 0.1) is 12.1 Å². The molecular weight excluding hydrogens is 204 g/mol. The fourth-order valence-corrected chi connectivity index (χ4v) is 1.67. The Morgan fingerprint density at radius 3 is 2.88 bits per heavy atom. The molecule has 0 radical (unpaired) electrons. The van der Waals surface area contributed by atoms with Crippen LogP contribution in [0.2, 0.25) is 0 Å². The number of rotatable bonds is 5. The lowest BCUT2D eigenvalue weighted by atomic mass is 10.2. The van der Waals surface area contributed by atoms with Crippen LogP contribution in [0.3, 0.4) is 0 Å². The van der Waals surface area contributed by atoms with Gasteiger partial charge in [-0.1, -0.05) is 13.3 Å². The summed E-state index contributed by atoms with van der Waals surface area (Å²) in [5.74, 6) is 1.01. The third-order valence-electron chi connectivity index (χ3n) is 2.73. The molecule has 1 aromatic heterocycles. The minimum Gasteiger partial charge on any atom is -0.383 e. The Morgan fingerprint density at radius 2 is 2.31 bits per heavy atom. The number of nitrogens with zero attached hydrogens (tertiary/aromatic N) is 1. The van der Waals surface area contributed by atoms with Crippen molar-refractivity contribution in [2.45, 2.75) is 45.2 Å². The van der Waals surface area contributed by atoms with Crippen molar-refractivity contribution in [3.05, 3.63) is 21.7 Å². The highest BCUT2D eigenvalue weighted by Gasteiger charge is 2.20. The highest BCUT2D eigenvalue weighted by molar-refractivity contribution is 5.37. The van der Waals surface area contributed by atoms with Crippen molar-refractivity contribution in [2.24, 2.45) is 0 Å². The average molecular weight is 222 g/mol. The zero-order valence-corrected chi connectivity index (χ0v) is 9.55. The van der Waals surface area contributed by atoms with Crippen molar-refractivity contribution < 1.29 is 0 Å². The highest BCUT2D eigenvalue weighted by Crippen LogP contribution is 2.18. The maximum Gasteiger partial charge on any atom is 0.256 e. The maximum atomic E-state index is 11.7. The highest BCUT2D eigenvalue weighted by atomic mass is 16.1. The van der Waals surface area contributed by atoms with Crippen molar-refractivity contribution in [1.82, 2.24) is 15.3 Å². The molecule has 0 saturated heterocycles. The number of hydrogen-bond acceptors (Lipinski definition) is 4. The van der Waals surface area contributed by atoms with Gasteiger partial charge in [-0.3, -0.25) is 4.79 Å². The molecule has 1 aromatic rings. The Labute approximate surface area is 94.5 Å². The number of aromatic nitrogens is 2. The van der Waals surface area contributed by atoms with Crippen LogP contribution in [0.5, 0.6) is 0 Å². The molecule has 1 heterocycles. The second kappa shape index (κ2) is 4.65. The van der Waals surface area contributed by atoms with Gasteiger partial charge in [-0.05, 0) is 19.3 Å². The van der Waals surface area contributed by atoms with E-state index >= 15 is 0 Å². The molecule has 1 saturated carbocycles. The van der Waals surface area contributed by atoms with Gasteiger partial charge in [0, 0.05) is 6.04 Å². The van der Waals surface area contributed by atoms with Crippen LogP contribution < -0.4 is 16.6 Å². The molecule has 88 valence electrons. The third-order valence-corrected chi connectivity index (χ3v) is 2.73. The van der Waals surface area contributed by atoms with E-state index in [0.29, 0.717) is 36.2 Å². The molecular formula is C11H18N4O. The molecule has 0 aliphatic heterocycles. The summed E-state index contributed by atoms with van der Waals surface area (Å²) in [6, 6.07) is 0.599. The third kappa shape index (κ3) is 2.61. The van der Waals surface area contributed by atoms with Gasteiger partial charge >= 0.3 is 0 Å². The van der Waals surface area contributed by atoms with Crippen LogP contribution in [0.4, 0.5) is 5.82 Å². The SMILES string of the molecule is CCCc1c(N)nc(CNC2CC2)[nH]c1=O. The van der Waals surface area contributed by atoms with Crippen LogP contribution in [0.1, 0.15) is 37.6 Å². The molecule has 4 N–H and O–H groups in total. The number of aromatic amines is 1. The number of H-pyrrole nitrogens is 1. The summed E-state index contributed by atoms with van der Waals surface area (Å²) in [5.41, 5.74) is 6.28. The molecule has 5 nitrogen and oxygen atoms in total. The smallest absolute Gasteiger partial charge is 0.256 e. The average Bonchev–Trinajstić information content (AvgIpc) is 3.04. The van der Waals surface area contributed by atoms with Gasteiger partial charge in [0.1, 0.15) is 11.6 Å². The predicted octanol–water partition coefficient (Wildman–Crippen LogP) is 0.557. The lowest BCUT2D eigenvalue weighted by Gasteiger charge is -2.06. The van der Waals surface area contributed by atoms with E-state index in [1.165, 1.54) is 12.8 Å². The number of hydrogen-bond donors (Lipinski definition) is 3. The summed E-state index contributed by atoms with van der Waals surface area (Å²) < 4.78 is 0. The Morgan fingerprint density at radius 1 is 1.56 bits per heavy atom. The monoisotopic (exact) mass is 222 g/mol. The minimum atomic E-state index is -0.0954. The summed E-state index contributed by atoms with van der Waals surface area (Å²) in [5, 5.41) is 3.29. The first kappa shape index (κ1) is 11.1. The van der Waals surface area contributed by atoms with Gasteiger partial charge in [-0.25, -0.2) is 4.98 Å². The summed E-state index contributed by atoms with van der Waals surface area (Å²) in [6.07, 6.45) is 4.01. The van der Waals surface area contributed by atoms with E-state index in [0.717, 1.165) is 6.42 Å². The van der Waals surface area contributed by atoms with E-state index in [9.17, 15) is 4.79 Å². The Hall–Kier alpha value is -1.36. The lowest BCUT2D eigenvalue weighted by molar-refractivity contribution is 0.654. The fourth-order valence-electron chi connectivity index (χ4n) is 1.67. The van der Waals surface area contributed by atoms with Crippen molar-refractivity contribution in [2.75, 3.05) is 5.73 Å². The van der Waals surface area contributed by atoms with Gasteiger partial charge in [-0.15, -0.1) is 0 Å². The standard InChI is InChI=1S/C11H18N4O/c1-2-3-8-10(12)14-9(15-11(8)16)6-13-7-4-5-7/h7,13H,2-6H2,1H3,(H3,12,14,15,16). The van der Waals surface area contributed by atoms with Crippen LogP contribution in [0.25, 0.3) is 0 Å². The first-order valence-electron chi connectivity index (χ1n) is 5.81. The van der Waals surface area contributed by atoms with Gasteiger partial charge in [0.25, 0.3) is 5.56 Å². The van der Waals surface area contributed by atoms with Crippen LogP contribution in [0, 0.1) is 0 Å². The zero-order chi connectivity index (χ0) is 11.5. The molecule has 0 aromatic carbocycles. The first-order valence-corrected chi connectivity index (χ1v) is 5.81. The van der Waals surface area contributed by atoms with Crippen molar-refractivity contribution >= 4 is 5.82 Å². The summed E-state index contributed by atoms with van der Waals surface area (Å²) >= 11 is 0. The van der Waals surface area contributed by atoms with Gasteiger partial charge < -0.3 is 16.0 Å². The number of nitrogens with two attached hydrogens (primary N) is 1. The number of anilines is 1. The molecule has 1 fully saturated rings. The lowest BCUT2D eigenvalue weighted by Crippen LogP contribution is -2.24. The van der Waals surface area contributed by atoms with Crippen molar-refractivity contribution in [3.8, 4) is 0 Å². The van der Waals surface area contributed by atoms with Crippen LogP contribution >= 0.6 is 0 Å².